The molecule has 0 aliphatic carbocycles. The van der Waals surface area contributed by atoms with Crippen LogP contribution in [0.25, 0.3) is 0 Å². The molecule has 2 aromatic rings. The predicted octanol–water partition coefficient (Wildman–Crippen LogP) is 4.38. The molecule has 0 heterocycles. The normalized spacial score (nSPS) is 13.0. The minimum atomic E-state index is -0.549. The highest BCUT2D eigenvalue weighted by molar-refractivity contribution is 6.30. The maximum absolute atomic E-state index is 12.5. The van der Waals surface area contributed by atoms with Gasteiger partial charge in [0.1, 0.15) is 11.5 Å². The van der Waals surface area contributed by atoms with Gasteiger partial charge in [-0.05, 0) is 55.3 Å². The third-order valence-corrected chi connectivity index (χ3v) is 3.98. The molecule has 0 aliphatic heterocycles. The van der Waals surface area contributed by atoms with E-state index in [9.17, 15) is 4.79 Å². The lowest BCUT2D eigenvalue weighted by Crippen LogP contribution is -2.39. The SMILES string of the molecule is CCC(Oc1ccc(Cl)cc1)C(=O)NC(C)c1ccc(OC)cc1. The zero-order valence-corrected chi connectivity index (χ0v) is 14.8. The lowest BCUT2D eigenvalue weighted by Gasteiger charge is -2.21. The van der Waals surface area contributed by atoms with E-state index in [0.717, 1.165) is 11.3 Å². The molecule has 0 saturated carbocycles. The fourth-order valence-electron chi connectivity index (χ4n) is 2.28. The van der Waals surface area contributed by atoms with Crippen molar-refractivity contribution in [3.63, 3.8) is 0 Å². The molecule has 0 saturated heterocycles. The average molecular weight is 348 g/mol. The molecule has 1 amide bonds. The number of carbonyl (C=O) groups is 1. The number of hydrogen-bond donors (Lipinski definition) is 1. The number of rotatable bonds is 7. The fraction of sp³-hybridized carbons (Fsp3) is 0.316. The molecule has 0 spiro atoms. The summed E-state index contributed by atoms with van der Waals surface area (Å²) in [5.41, 5.74) is 1.01. The van der Waals surface area contributed by atoms with Gasteiger partial charge in [0.15, 0.2) is 6.10 Å². The van der Waals surface area contributed by atoms with Crippen molar-refractivity contribution in [2.24, 2.45) is 0 Å². The third-order valence-electron chi connectivity index (χ3n) is 3.73. The second kappa shape index (κ2) is 8.60. The van der Waals surface area contributed by atoms with Crippen molar-refractivity contribution in [2.45, 2.75) is 32.4 Å². The molecular weight excluding hydrogens is 326 g/mol. The van der Waals surface area contributed by atoms with E-state index in [-0.39, 0.29) is 11.9 Å². The van der Waals surface area contributed by atoms with Crippen LogP contribution >= 0.6 is 11.6 Å². The number of methoxy groups -OCH3 is 1. The van der Waals surface area contributed by atoms with E-state index in [1.807, 2.05) is 38.1 Å². The molecule has 2 unspecified atom stereocenters. The summed E-state index contributed by atoms with van der Waals surface area (Å²) in [6, 6.07) is 14.5. The van der Waals surface area contributed by atoms with Gasteiger partial charge >= 0.3 is 0 Å². The number of nitrogens with one attached hydrogen (secondary N) is 1. The number of carbonyl (C=O) groups excluding carboxylic acids is 1. The van der Waals surface area contributed by atoms with Crippen molar-refractivity contribution < 1.29 is 14.3 Å². The summed E-state index contributed by atoms with van der Waals surface area (Å²) in [7, 11) is 1.63. The number of amides is 1. The van der Waals surface area contributed by atoms with Crippen LogP contribution in [0.3, 0.4) is 0 Å². The standard InChI is InChI=1S/C19H22ClNO3/c1-4-18(24-17-11-7-15(20)8-12-17)19(22)21-13(2)14-5-9-16(23-3)10-6-14/h5-13,18H,4H2,1-3H3,(H,21,22). The second-order valence-electron chi connectivity index (χ2n) is 5.47. The third kappa shape index (κ3) is 4.90. The van der Waals surface area contributed by atoms with Crippen molar-refractivity contribution in [2.75, 3.05) is 7.11 Å². The highest BCUT2D eigenvalue weighted by atomic mass is 35.5. The minimum Gasteiger partial charge on any atom is -0.497 e. The molecule has 2 atom stereocenters. The van der Waals surface area contributed by atoms with Crippen molar-refractivity contribution in [3.05, 3.63) is 59.1 Å². The second-order valence-corrected chi connectivity index (χ2v) is 5.91. The molecule has 5 heteroatoms. The van der Waals surface area contributed by atoms with Gasteiger partial charge in [0.2, 0.25) is 0 Å². The minimum absolute atomic E-state index is 0.119. The largest absolute Gasteiger partial charge is 0.497 e. The highest BCUT2D eigenvalue weighted by Crippen LogP contribution is 2.20. The molecule has 0 bridgehead atoms. The van der Waals surface area contributed by atoms with Crippen molar-refractivity contribution in [3.8, 4) is 11.5 Å². The van der Waals surface area contributed by atoms with Gasteiger partial charge in [0.25, 0.3) is 5.91 Å². The first-order valence-electron chi connectivity index (χ1n) is 7.90. The van der Waals surface area contributed by atoms with Crippen molar-refractivity contribution >= 4 is 17.5 Å². The van der Waals surface area contributed by atoms with Gasteiger partial charge in [-0.3, -0.25) is 4.79 Å². The number of ether oxygens (including phenoxy) is 2. The molecular formula is C19H22ClNO3. The van der Waals surface area contributed by atoms with Crippen LogP contribution in [-0.4, -0.2) is 19.1 Å². The molecule has 0 radical (unpaired) electrons. The maximum Gasteiger partial charge on any atom is 0.261 e. The van der Waals surface area contributed by atoms with Gasteiger partial charge in [-0.25, -0.2) is 0 Å². The summed E-state index contributed by atoms with van der Waals surface area (Å²) >= 11 is 5.86. The Kier molecular flexibility index (Phi) is 6.50. The first-order valence-corrected chi connectivity index (χ1v) is 8.27. The first kappa shape index (κ1) is 18.1. The van der Waals surface area contributed by atoms with Crippen molar-refractivity contribution in [1.82, 2.24) is 5.32 Å². The molecule has 0 aliphatic rings. The summed E-state index contributed by atoms with van der Waals surface area (Å²) in [5, 5.41) is 3.62. The highest BCUT2D eigenvalue weighted by Gasteiger charge is 2.20. The van der Waals surface area contributed by atoms with Gasteiger partial charge in [-0.1, -0.05) is 30.7 Å². The van der Waals surface area contributed by atoms with Gasteiger partial charge < -0.3 is 14.8 Å². The molecule has 0 fully saturated rings. The molecule has 24 heavy (non-hydrogen) atoms. The first-order chi connectivity index (χ1) is 11.5. The maximum atomic E-state index is 12.5. The Bertz CT molecular complexity index is 655. The topological polar surface area (TPSA) is 47.6 Å². The fourth-order valence-corrected chi connectivity index (χ4v) is 2.41. The number of hydrogen-bond acceptors (Lipinski definition) is 3. The molecule has 2 rings (SSSR count). The van der Waals surface area contributed by atoms with Crippen LogP contribution in [0.15, 0.2) is 48.5 Å². The quantitative estimate of drug-likeness (QED) is 0.808. The summed E-state index contributed by atoms with van der Waals surface area (Å²) in [5.74, 6) is 1.27. The summed E-state index contributed by atoms with van der Waals surface area (Å²) in [6.45, 7) is 3.85. The van der Waals surface area contributed by atoms with Gasteiger partial charge in [0, 0.05) is 5.02 Å². The van der Waals surface area contributed by atoms with Gasteiger partial charge in [-0.15, -0.1) is 0 Å². The number of halogens is 1. The van der Waals surface area contributed by atoms with Crippen LogP contribution in [0.2, 0.25) is 5.02 Å². The molecule has 0 aromatic heterocycles. The summed E-state index contributed by atoms with van der Waals surface area (Å²) < 4.78 is 10.9. The van der Waals surface area contributed by atoms with Gasteiger partial charge in [0.05, 0.1) is 13.2 Å². The van der Waals surface area contributed by atoms with E-state index in [1.54, 1.807) is 31.4 Å². The van der Waals surface area contributed by atoms with Gasteiger partial charge in [-0.2, -0.15) is 0 Å². The molecule has 2 aromatic carbocycles. The monoisotopic (exact) mass is 347 g/mol. The number of benzene rings is 2. The van der Waals surface area contributed by atoms with Crippen LogP contribution in [0.1, 0.15) is 31.9 Å². The van der Waals surface area contributed by atoms with Crippen LogP contribution in [0.4, 0.5) is 0 Å². The lowest BCUT2D eigenvalue weighted by atomic mass is 10.1. The Morgan fingerprint density at radius 2 is 1.67 bits per heavy atom. The Balaban J connectivity index is 1.98. The summed E-state index contributed by atoms with van der Waals surface area (Å²) in [4.78, 5) is 12.5. The molecule has 128 valence electrons. The Morgan fingerprint density at radius 3 is 2.21 bits per heavy atom. The van der Waals surface area contributed by atoms with Crippen LogP contribution in [-0.2, 0) is 4.79 Å². The predicted molar refractivity (Wildman–Crippen MR) is 95.7 cm³/mol. The van der Waals surface area contributed by atoms with E-state index in [2.05, 4.69) is 5.32 Å². The Labute approximate surface area is 147 Å². The van der Waals surface area contributed by atoms with Crippen LogP contribution < -0.4 is 14.8 Å². The average Bonchev–Trinajstić information content (AvgIpc) is 2.61. The summed E-state index contributed by atoms with van der Waals surface area (Å²) in [6.07, 6.45) is 0.0240. The van der Waals surface area contributed by atoms with E-state index in [0.29, 0.717) is 17.2 Å². The Morgan fingerprint density at radius 1 is 1.08 bits per heavy atom. The molecule has 4 nitrogen and oxygen atoms in total. The van der Waals surface area contributed by atoms with Crippen LogP contribution in [0.5, 0.6) is 11.5 Å². The van der Waals surface area contributed by atoms with E-state index in [1.165, 1.54) is 0 Å². The van der Waals surface area contributed by atoms with Crippen molar-refractivity contribution in [1.29, 1.82) is 0 Å². The Hall–Kier alpha value is -2.20. The van der Waals surface area contributed by atoms with E-state index < -0.39 is 6.10 Å². The smallest absolute Gasteiger partial charge is 0.261 e. The lowest BCUT2D eigenvalue weighted by molar-refractivity contribution is -0.128. The molecule has 1 N–H and O–H groups in total. The zero-order chi connectivity index (χ0) is 17.5. The van der Waals surface area contributed by atoms with E-state index in [4.69, 9.17) is 21.1 Å². The van der Waals surface area contributed by atoms with Crippen LogP contribution in [0, 0.1) is 0 Å². The zero-order valence-electron chi connectivity index (χ0n) is 14.1. The van der Waals surface area contributed by atoms with E-state index >= 15 is 0 Å².